The molecular formula is C9H12ClMgP. The monoisotopic (exact) mass is 210 g/mol. The van der Waals surface area contributed by atoms with Crippen molar-refractivity contribution >= 4 is 41.6 Å². The van der Waals surface area contributed by atoms with Crippen LogP contribution >= 0.6 is 17.0 Å². The molecule has 0 aromatic heterocycles. The molecule has 0 aliphatic carbocycles. The van der Waals surface area contributed by atoms with Crippen LogP contribution in [0.2, 0.25) is 0 Å². The molecule has 0 saturated heterocycles. The molecule has 1 aromatic rings. The first kappa shape index (κ1) is 10.8. The molecule has 62 valence electrons. The van der Waals surface area contributed by atoms with Crippen molar-refractivity contribution in [3.63, 3.8) is 0 Å². The first-order valence-corrected chi connectivity index (χ1v) is 9.44. The SMILES string of the molecule is CP(C)c1ccccc1[CH2][Mg][Cl]. The molecule has 0 nitrogen and oxygen atoms in total. The largest absolute Gasteiger partial charge is 0.505 e. The molecule has 0 heterocycles. The maximum absolute atomic E-state index is 5.86. The molecule has 0 unspecified atom stereocenters. The Bertz CT molecular complexity index is 250. The van der Waals surface area contributed by atoms with Gasteiger partial charge in [-0.3, -0.25) is 0 Å². The van der Waals surface area contributed by atoms with Gasteiger partial charge in [-0.25, -0.2) is 0 Å². The van der Waals surface area contributed by atoms with E-state index in [2.05, 4.69) is 37.6 Å². The van der Waals surface area contributed by atoms with Crippen molar-refractivity contribution in [2.45, 2.75) is 4.55 Å². The molecule has 0 amide bonds. The van der Waals surface area contributed by atoms with Gasteiger partial charge in [0.05, 0.1) is 0 Å². The summed E-state index contributed by atoms with van der Waals surface area (Å²) in [7, 11) is 5.89. The van der Waals surface area contributed by atoms with Crippen LogP contribution in [-0.4, -0.2) is 32.6 Å². The third kappa shape index (κ3) is 2.88. The predicted molar refractivity (Wildman–Crippen MR) is 60.2 cm³/mol. The Morgan fingerprint density at radius 2 is 2.00 bits per heavy atom. The zero-order valence-corrected chi connectivity index (χ0v) is 10.6. The summed E-state index contributed by atoms with van der Waals surface area (Å²) < 4.78 is 1.14. The summed E-state index contributed by atoms with van der Waals surface area (Å²) in [5.74, 6) is 0. The number of rotatable bonds is 3. The second kappa shape index (κ2) is 5.44. The van der Waals surface area contributed by atoms with Gasteiger partial charge in [0.25, 0.3) is 0 Å². The fourth-order valence-corrected chi connectivity index (χ4v) is 3.87. The van der Waals surface area contributed by atoms with Crippen LogP contribution in [0, 0.1) is 0 Å². The van der Waals surface area contributed by atoms with Crippen LogP contribution < -0.4 is 5.30 Å². The van der Waals surface area contributed by atoms with Crippen LogP contribution in [-0.2, 0) is 4.55 Å². The van der Waals surface area contributed by atoms with Gasteiger partial charge >= 0.3 is 19.3 Å². The molecular weight excluding hydrogens is 199 g/mol. The average Bonchev–Trinajstić information content (AvgIpc) is 2.05. The second-order valence-electron chi connectivity index (χ2n) is 2.96. The van der Waals surface area contributed by atoms with Crippen molar-refractivity contribution in [1.29, 1.82) is 0 Å². The van der Waals surface area contributed by atoms with Crippen molar-refractivity contribution in [2.75, 3.05) is 13.3 Å². The summed E-state index contributed by atoms with van der Waals surface area (Å²) in [6.07, 6.45) is 0. The highest BCUT2D eigenvalue weighted by Crippen LogP contribution is 2.25. The van der Waals surface area contributed by atoms with Gasteiger partial charge < -0.3 is 9.07 Å². The molecule has 0 atom stereocenters. The zero-order valence-electron chi connectivity index (χ0n) is 7.55. The maximum Gasteiger partial charge on any atom is 0.505 e. The Kier molecular flexibility index (Phi) is 4.89. The standard InChI is InChI=1S/C9H12P.ClH.Mg/c1-8-6-4-5-7-9(8)10(2)3;;/h4-7H,1H2,2-3H3;1H;/q;;+1/p-1. The number of benzene rings is 1. The number of hydrogen-bond donors (Lipinski definition) is 0. The molecule has 12 heavy (non-hydrogen) atoms. The van der Waals surface area contributed by atoms with Gasteiger partial charge in [-0.15, -0.1) is 0 Å². The zero-order chi connectivity index (χ0) is 8.97. The highest BCUT2D eigenvalue weighted by atomic mass is 35.5. The normalized spacial score (nSPS) is 10.0. The Labute approximate surface area is 89.0 Å². The summed E-state index contributed by atoms with van der Waals surface area (Å²) >= 11 is -0.355. The Morgan fingerprint density at radius 1 is 1.33 bits per heavy atom. The quantitative estimate of drug-likeness (QED) is 0.531. The Balaban J connectivity index is 2.92. The smallest absolute Gasteiger partial charge is 0.345 e. The van der Waals surface area contributed by atoms with Crippen molar-refractivity contribution in [3.05, 3.63) is 29.8 Å². The van der Waals surface area contributed by atoms with Gasteiger partial charge in [0.15, 0.2) is 0 Å². The lowest BCUT2D eigenvalue weighted by atomic mass is 10.2. The number of halogens is 1. The van der Waals surface area contributed by atoms with Gasteiger partial charge in [-0.2, -0.15) is 0 Å². The van der Waals surface area contributed by atoms with Crippen LogP contribution in [0.4, 0.5) is 0 Å². The fraction of sp³-hybridized carbons (Fsp3) is 0.333. The Hall–Kier alpha value is 0.706. The minimum Gasteiger partial charge on any atom is -0.345 e. The minimum absolute atomic E-state index is 0.0357. The highest BCUT2D eigenvalue weighted by Gasteiger charge is 2.04. The van der Waals surface area contributed by atoms with Crippen LogP contribution in [0.1, 0.15) is 5.56 Å². The first-order chi connectivity index (χ1) is 5.75. The molecule has 1 aromatic carbocycles. The van der Waals surface area contributed by atoms with Crippen LogP contribution in [0.5, 0.6) is 0 Å². The van der Waals surface area contributed by atoms with Crippen LogP contribution in [0.25, 0.3) is 0 Å². The lowest BCUT2D eigenvalue weighted by Gasteiger charge is -2.11. The van der Waals surface area contributed by atoms with E-state index in [1.807, 2.05) is 0 Å². The highest BCUT2D eigenvalue weighted by molar-refractivity contribution is 7.64. The molecule has 0 bridgehead atoms. The van der Waals surface area contributed by atoms with Gasteiger partial charge in [-0.05, 0) is 18.6 Å². The third-order valence-electron chi connectivity index (χ3n) is 1.84. The van der Waals surface area contributed by atoms with Crippen LogP contribution in [0.3, 0.4) is 0 Å². The lowest BCUT2D eigenvalue weighted by Crippen LogP contribution is -2.08. The fourth-order valence-electron chi connectivity index (χ4n) is 1.26. The van der Waals surface area contributed by atoms with Gasteiger partial charge in [0.1, 0.15) is 0 Å². The van der Waals surface area contributed by atoms with Crippen LogP contribution in [0.15, 0.2) is 24.3 Å². The lowest BCUT2D eigenvalue weighted by molar-refractivity contribution is 1.43. The summed E-state index contributed by atoms with van der Waals surface area (Å²) in [5.41, 5.74) is 1.48. The summed E-state index contributed by atoms with van der Waals surface area (Å²) in [4.78, 5) is 0. The van der Waals surface area contributed by atoms with E-state index in [-0.39, 0.29) is 27.2 Å². The maximum atomic E-state index is 5.86. The molecule has 0 radical (unpaired) electrons. The van der Waals surface area contributed by atoms with Crippen molar-refractivity contribution in [3.8, 4) is 0 Å². The molecule has 0 saturated carbocycles. The Morgan fingerprint density at radius 3 is 2.58 bits per heavy atom. The molecule has 0 spiro atoms. The summed E-state index contributed by atoms with van der Waals surface area (Å²) in [6, 6.07) is 8.69. The minimum atomic E-state index is -0.355. The average molecular weight is 211 g/mol. The molecule has 0 aliphatic heterocycles. The molecule has 0 aliphatic rings. The van der Waals surface area contributed by atoms with Crippen molar-refractivity contribution in [1.82, 2.24) is 0 Å². The predicted octanol–water partition coefficient (Wildman–Crippen LogP) is 2.41. The number of hydrogen-bond acceptors (Lipinski definition) is 0. The summed E-state index contributed by atoms with van der Waals surface area (Å²) in [6.45, 7) is 4.59. The van der Waals surface area contributed by atoms with E-state index in [0.29, 0.717) is 0 Å². The van der Waals surface area contributed by atoms with E-state index in [4.69, 9.17) is 9.07 Å². The van der Waals surface area contributed by atoms with Gasteiger partial charge in [0, 0.05) is 0 Å². The van der Waals surface area contributed by atoms with E-state index in [0.717, 1.165) is 4.55 Å². The summed E-state index contributed by atoms with van der Waals surface area (Å²) in [5, 5.41) is 1.53. The van der Waals surface area contributed by atoms with E-state index in [9.17, 15) is 0 Å². The molecule has 1 rings (SSSR count). The first-order valence-electron chi connectivity index (χ1n) is 4.07. The molecule has 3 heteroatoms. The van der Waals surface area contributed by atoms with Gasteiger partial charge in [0.2, 0.25) is 0 Å². The molecule has 0 fully saturated rings. The third-order valence-corrected chi connectivity index (χ3v) is 4.53. The van der Waals surface area contributed by atoms with Gasteiger partial charge in [-0.1, -0.05) is 42.3 Å². The topological polar surface area (TPSA) is 0 Å². The van der Waals surface area contributed by atoms with E-state index < -0.39 is 0 Å². The second-order valence-corrected chi connectivity index (χ2v) is 7.24. The van der Waals surface area contributed by atoms with Crippen molar-refractivity contribution < 1.29 is 0 Å². The van der Waals surface area contributed by atoms with E-state index in [1.54, 1.807) is 0 Å². The van der Waals surface area contributed by atoms with Crippen molar-refractivity contribution in [2.24, 2.45) is 0 Å². The van der Waals surface area contributed by atoms with E-state index in [1.165, 1.54) is 10.9 Å². The van der Waals surface area contributed by atoms with E-state index >= 15 is 0 Å². The molecule has 0 N–H and O–H groups in total.